The first-order valence-electron chi connectivity index (χ1n) is 7.36. The molecule has 21 heavy (non-hydrogen) atoms. The highest BCUT2D eigenvalue weighted by molar-refractivity contribution is 6.30. The minimum Gasteiger partial charge on any atom is -0.368 e. The zero-order valence-electron chi connectivity index (χ0n) is 11.9. The maximum Gasteiger partial charge on any atom is 0.243 e. The predicted octanol–water partition coefficient (Wildman–Crippen LogP) is 2.68. The summed E-state index contributed by atoms with van der Waals surface area (Å²) in [5, 5.41) is 10.0. The number of hydrogen-bond acceptors (Lipinski definition) is 3. The molecule has 1 saturated carbocycles. The number of benzene rings is 1. The predicted molar refractivity (Wildman–Crippen MR) is 82.1 cm³/mol. The number of carbonyl (C=O) groups excluding carboxylic acids is 1. The molecule has 1 aromatic rings. The molecule has 0 unspecified atom stereocenters. The number of rotatable bonds is 2. The van der Waals surface area contributed by atoms with E-state index >= 15 is 0 Å². The molecule has 0 aromatic heterocycles. The molecule has 1 heterocycles. The highest BCUT2D eigenvalue weighted by Gasteiger charge is 2.47. The quantitative estimate of drug-likeness (QED) is 0.844. The lowest BCUT2D eigenvalue weighted by Gasteiger charge is -2.42. The highest BCUT2D eigenvalue weighted by atomic mass is 35.5. The number of amides is 1. The number of carbonyl (C=O) groups is 1. The van der Waals surface area contributed by atoms with Gasteiger partial charge in [-0.25, -0.2) is 0 Å². The third-order valence-electron chi connectivity index (χ3n) is 4.59. The minimum atomic E-state index is -0.720. The normalized spacial score (nSPS) is 20.6. The standard InChI is InChI=1S/C16H18ClN3O/c17-13-2-4-14(5-3-13)19-8-10-20(11-9-19)15(21)16(12-18)6-1-7-16/h2-5H,1,6-11H2. The second kappa shape index (κ2) is 5.57. The van der Waals surface area contributed by atoms with Crippen LogP contribution in [-0.2, 0) is 4.79 Å². The zero-order chi connectivity index (χ0) is 14.9. The van der Waals surface area contributed by atoms with Gasteiger partial charge in [-0.05, 0) is 43.5 Å². The number of hydrogen-bond donors (Lipinski definition) is 0. The van der Waals surface area contributed by atoms with Gasteiger partial charge in [-0.3, -0.25) is 4.79 Å². The first kappa shape index (κ1) is 14.2. The van der Waals surface area contributed by atoms with Crippen LogP contribution in [0.5, 0.6) is 0 Å². The molecule has 2 aliphatic rings. The van der Waals surface area contributed by atoms with Crippen molar-refractivity contribution in [3.63, 3.8) is 0 Å². The van der Waals surface area contributed by atoms with Crippen LogP contribution >= 0.6 is 11.6 Å². The summed E-state index contributed by atoms with van der Waals surface area (Å²) in [6.45, 7) is 2.97. The summed E-state index contributed by atoms with van der Waals surface area (Å²) in [4.78, 5) is 16.6. The van der Waals surface area contributed by atoms with Gasteiger partial charge in [0, 0.05) is 36.9 Å². The maximum absolute atomic E-state index is 12.5. The SMILES string of the molecule is N#CC1(C(=O)N2CCN(c3ccc(Cl)cc3)CC2)CCC1. The van der Waals surface area contributed by atoms with Gasteiger partial charge < -0.3 is 9.80 Å². The van der Waals surface area contributed by atoms with Gasteiger partial charge in [0.15, 0.2) is 0 Å². The van der Waals surface area contributed by atoms with Crippen LogP contribution in [0, 0.1) is 16.7 Å². The molecule has 1 aliphatic heterocycles. The van der Waals surface area contributed by atoms with E-state index in [1.807, 2.05) is 29.2 Å². The molecule has 5 heteroatoms. The van der Waals surface area contributed by atoms with Gasteiger partial charge in [-0.1, -0.05) is 11.6 Å². The monoisotopic (exact) mass is 303 g/mol. The first-order valence-corrected chi connectivity index (χ1v) is 7.74. The van der Waals surface area contributed by atoms with E-state index < -0.39 is 5.41 Å². The van der Waals surface area contributed by atoms with Gasteiger partial charge in [-0.2, -0.15) is 5.26 Å². The van der Waals surface area contributed by atoms with E-state index in [1.54, 1.807) is 0 Å². The second-order valence-corrected chi connectivity index (χ2v) is 6.24. The van der Waals surface area contributed by atoms with Crippen LogP contribution in [-0.4, -0.2) is 37.0 Å². The van der Waals surface area contributed by atoms with E-state index in [4.69, 9.17) is 11.6 Å². The number of halogens is 1. The molecule has 4 nitrogen and oxygen atoms in total. The summed E-state index contributed by atoms with van der Waals surface area (Å²) in [5.41, 5.74) is 0.410. The van der Waals surface area contributed by atoms with Crippen molar-refractivity contribution < 1.29 is 4.79 Å². The Kier molecular flexibility index (Phi) is 3.77. The van der Waals surface area contributed by atoms with Crippen LogP contribution in [0.1, 0.15) is 19.3 Å². The molecule has 110 valence electrons. The van der Waals surface area contributed by atoms with E-state index in [0.717, 1.165) is 43.1 Å². The first-order chi connectivity index (χ1) is 10.1. The van der Waals surface area contributed by atoms with Crippen LogP contribution in [0.15, 0.2) is 24.3 Å². The molecule has 1 aliphatic carbocycles. The Balaban J connectivity index is 1.61. The summed E-state index contributed by atoms with van der Waals surface area (Å²) in [7, 11) is 0. The molecular weight excluding hydrogens is 286 g/mol. The Morgan fingerprint density at radius 2 is 1.76 bits per heavy atom. The number of nitriles is 1. The minimum absolute atomic E-state index is 0.0343. The fourth-order valence-electron chi connectivity index (χ4n) is 3.03. The summed E-state index contributed by atoms with van der Waals surface area (Å²) in [6.07, 6.45) is 2.43. The van der Waals surface area contributed by atoms with Crippen LogP contribution in [0.3, 0.4) is 0 Å². The van der Waals surface area contributed by atoms with Crippen LogP contribution in [0.2, 0.25) is 5.02 Å². The molecule has 0 N–H and O–H groups in total. The summed E-state index contributed by atoms with van der Waals surface area (Å²) >= 11 is 5.90. The summed E-state index contributed by atoms with van der Waals surface area (Å²) in [5.74, 6) is 0.0343. The van der Waals surface area contributed by atoms with Crippen molar-refractivity contribution >= 4 is 23.2 Å². The van der Waals surface area contributed by atoms with E-state index in [2.05, 4.69) is 11.0 Å². The molecule has 1 saturated heterocycles. The van der Waals surface area contributed by atoms with Gasteiger partial charge >= 0.3 is 0 Å². The molecule has 0 spiro atoms. The fourth-order valence-corrected chi connectivity index (χ4v) is 3.15. The summed E-state index contributed by atoms with van der Waals surface area (Å²) in [6, 6.07) is 10.0. The molecular formula is C16H18ClN3O. The lowest BCUT2D eigenvalue weighted by atomic mass is 9.69. The Morgan fingerprint density at radius 1 is 1.14 bits per heavy atom. The number of nitrogens with zero attached hydrogens (tertiary/aromatic N) is 3. The Labute approximate surface area is 129 Å². The third-order valence-corrected chi connectivity index (χ3v) is 4.84. The molecule has 3 rings (SSSR count). The highest BCUT2D eigenvalue weighted by Crippen LogP contribution is 2.42. The Hall–Kier alpha value is -1.73. The lowest BCUT2D eigenvalue weighted by Crippen LogP contribution is -2.54. The van der Waals surface area contributed by atoms with E-state index in [0.29, 0.717) is 13.1 Å². The molecule has 0 radical (unpaired) electrons. The third kappa shape index (κ3) is 2.58. The van der Waals surface area contributed by atoms with Crippen molar-refractivity contribution in [2.24, 2.45) is 5.41 Å². The van der Waals surface area contributed by atoms with Crippen LogP contribution in [0.25, 0.3) is 0 Å². The number of piperazine rings is 1. The van der Waals surface area contributed by atoms with Crippen molar-refractivity contribution in [3.8, 4) is 6.07 Å². The maximum atomic E-state index is 12.5. The van der Waals surface area contributed by atoms with Gasteiger partial charge in [-0.15, -0.1) is 0 Å². The fraction of sp³-hybridized carbons (Fsp3) is 0.500. The molecule has 1 amide bonds. The zero-order valence-corrected chi connectivity index (χ0v) is 12.6. The van der Waals surface area contributed by atoms with E-state index in [1.165, 1.54) is 0 Å². The Morgan fingerprint density at radius 3 is 2.24 bits per heavy atom. The van der Waals surface area contributed by atoms with Crippen LogP contribution in [0.4, 0.5) is 5.69 Å². The van der Waals surface area contributed by atoms with Crippen molar-refractivity contribution in [2.45, 2.75) is 19.3 Å². The van der Waals surface area contributed by atoms with Gasteiger partial charge in [0.2, 0.25) is 5.91 Å². The topological polar surface area (TPSA) is 47.3 Å². The Bertz CT molecular complexity index is 566. The van der Waals surface area contributed by atoms with Crippen LogP contribution < -0.4 is 4.90 Å². The smallest absolute Gasteiger partial charge is 0.243 e. The molecule has 0 bridgehead atoms. The average molecular weight is 304 g/mol. The lowest BCUT2D eigenvalue weighted by molar-refractivity contribution is -0.143. The largest absolute Gasteiger partial charge is 0.368 e. The number of anilines is 1. The van der Waals surface area contributed by atoms with Crippen molar-refractivity contribution in [3.05, 3.63) is 29.3 Å². The van der Waals surface area contributed by atoms with E-state index in [9.17, 15) is 10.1 Å². The molecule has 1 aromatic carbocycles. The van der Waals surface area contributed by atoms with Crippen molar-refractivity contribution in [1.29, 1.82) is 5.26 Å². The van der Waals surface area contributed by atoms with Gasteiger partial charge in [0.25, 0.3) is 0 Å². The van der Waals surface area contributed by atoms with Gasteiger partial charge in [0.1, 0.15) is 5.41 Å². The van der Waals surface area contributed by atoms with Crippen molar-refractivity contribution in [2.75, 3.05) is 31.1 Å². The molecule has 2 fully saturated rings. The van der Waals surface area contributed by atoms with E-state index in [-0.39, 0.29) is 5.91 Å². The molecule has 0 atom stereocenters. The second-order valence-electron chi connectivity index (χ2n) is 5.80. The average Bonchev–Trinajstić information content (AvgIpc) is 2.48. The summed E-state index contributed by atoms with van der Waals surface area (Å²) < 4.78 is 0. The van der Waals surface area contributed by atoms with Crippen molar-refractivity contribution in [1.82, 2.24) is 4.90 Å². The van der Waals surface area contributed by atoms with Gasteiger partial charge in [0.05, 0.1) is 6.07 Å².